The topological polar surface area (TPSA) is 64.6 Å². The standard InChI is InChI=1S/C14H23NO4S/c1-9-7-13(19-6)11(3)12(4)14(9)20(16,17)15-10(2)8-18-5/h7,10,15H,8H2,1-6H3. The van der Waals surface area contributed by atoms with Crippen LogP contribution < -0.4 is 9.46 Å². The van der Waals surface area contributed by atoms with Crippen LogP contribution in [0.3, 0.4) is 0 Å². The zero-order valence-electron chi connectivity index (χ0n) is 12.9. The van der Waals surface area contributed by atoms with E-state index in [1.165, 1.54) is 0 Å². The van der Waals surface area contributed by atoms with Gasteiger partial charge in [-0.05, 0) is 50.5 Å². The molecule has 0 saturated heterocycles. The highest BCUT2D eigenvalue weighted by Crippen LogP contribution is 2.30. The quantitative estimate of drug-likeness (QED) is 0.872. The summed E-state index contributed by atoms with van der Waals surface area (Å²) in [6, 6.07) is 1.46. The molecule has 5 nitrogen and oxygen atoms in total. The lowest BCUT2D eigenvalue weighted by atomic mass is 10.1. The van der Waals surface area contributed by atoms with Gasteiger partial charge in [-0.3, -0.25) is 0 Å². The Bertz CT molecular complexity index is 581. The minimum absolute atomic E-state index is 0.286. The van der Waals surface area contributed by atoms with Gasteiger partial charge in [0.05, 0.1) is 18.6 Å². The first-order valence-electron chi connectivity index (χ1n) is 6.40. The average Bonchev–Trinajstić information content (AvgIpc) is 2.33. The van der Waals surface area contributed by atoms with Crippen molar-refractivity contribution in [3.8, 4) is 5.75 Å². The molecule has 1 unspecified atom stereocenters. The molecule has 0 aromatic heterocycles. The number of aryl methyl sites for hydroxylation is 1. The molecular formula is C14H23NO4S. The van der Waals surface area contributed by atoms with Crippen LogP contribution in [0.5, 0.6) is 5.75 Å². The van der Waals surface area contributed by atoms with Crippen LogP contribution in [0.1, 0.15) is 23.6 Å². The van der Waals surface area contributed by atoms with Gasteiger partial charge in [-0.2, -0.15) is 0 Å². The van der Waals surface area contributed by atoms with Crippen LogP contribution in [0.25, 0.3) is 0 Å². The Balaban J connectivity index is 3.29. The Morgan fingerprint density at radius 1 is 1.20 bits per heavy atom. The average molecular weight is 301 g/mol. The van der Waals surface area contributed by atoms with Gasteiger partial charge in [0, 0.05) is 13.2 Å². The normalized spacial score (nSPS) is 13.3. The second-order valence-corrected chi connectivity index (χ2v) is 6.60. The molecule has 1 rings (SSSR count). The van der Waals surface area contributed by atoms with E-state index in [0.29, 0.717) is 28.4 Å². The molecule has 0 heterocycles. The van der Waals surface area contributed by atoms with Crippen LogP contribution in [0.2, 0.25) is 0 Å². The van der Waals surface area contributed by atoms with Crippen molar-refractivity contribution >= 4 is 10.0 Å². The van der Waals surface area contributed by atoms with Gasteiger partial charge in [0.2, 0.25) is 10.0 Å². The second-order valence-electron chi connectivity index (χ2n) is 4.95. The minimum Gasteiger partial charge on any atom is -0.496 e. The number of methoxy groups -OCH3 is 2. The van der Waals surface area contributed by atoms with E-state index in [9.17, 15) is 8.42 Å². The third-order valence-corrected chi connectivity index (χ3v) is 5.12. The SMILES string of the molecule is COCC(C)NS(=O)(=O)c1c(C)cc(OC)c(C)c1C. The molecule has 0 aliphatic rings. The molecule has 114 valence electrons. The number of nitrogens with one attached hydrogen (secondary N) is 1. The van der Waals surface area contributed by atoms with Crippen LogP contribution in [0.15, 0.2) is 11.0 Å². The first-order chi connectivity index (χ1) is 9.24. The Morgan fingerprint density at radius 3 is 2.30 bits per heavy atom. The monoisotopic (exact) mass is 301 g/mol. The predicted molar refractivity (Wildman–Crippen MR) is 78.9 cm³/mol. The predicted octanol–water partition coefficient (Wildman–Crippen LogP) is 1.93. The lowest BCUT2D eigenvalue weighted by molar-refractivity contribution is 0.180. The Kier molecular flexibility index (Phi) is 5.56. The van der Waals surface area contributed by atoms with Crippen molar-refractivity contribution in [3.63, 3.8) is 0 Å². The van der Waals surface area contributed by atoms with Crippen LogP contribution in [0.4, 0.5) is 0 Å². The minimum atomic E-state index is -3.58. The molecule has 0 bridgehead atoms. The molecule has 0 amide bonds. The lowest BCUT2D eigenvalue weighted by Crippen LogP contribution is -2.36. The van der Waals surface area contributed by atoms with E-state index in [1.807, 2.05) is 6.92 Å². The smallest absolute Gasteiger partial charge is 0.241 e. The highest BCUT2D eigenvalue weighted by atomic mass is 32.2. The summed E-state index contributed by atoms with van der Waals surface area (Å²) >= 11 is 0. The van der Waals surface area contributed by atoms with Gasteiger partial charge in [-0.25, -0.2) is 13.1 Å². The molecule has 0 aliphatic heterocycles. The van der Waals surface area contributed by atoms with Crippen LogP contribution in [0, 0.1) is 20.8 Å². The van der Waals surface area contributed by atoms with Crippen molar-refractivity contribution in [3.05, 3.63) is 22.8 Å². The van der Waals surface area contributed by atoms with Crippen molar-refractivity contribution in [2.24, 2.45) is 0 Å². The molecule has 0 fully saturated rings. The van der Waals surface area contributed by atoms with Gasteiger partial charge in [-0.1, -0.05) is 0 Å². The molecule has 1 aromatic carbocycles. The molecule has 0 saturated carbocycles. The zero-order valence-corrected chi connectivity index (χ0v) is 13.7. The summed E-state index contributed by atoms with van der Waals surface area (Å²) in [5.41, 5.74) is 2.21. The van der Waals surface area contributed by atoms with Crippen molar-refractivity contribution in [1.82, 2.24) is 4.72 Å². The maximum atomic E-state index is 12.5. The van der Waals surface area contributed by atoms with Crippen LogP contribution >= 0.6 is 0 Å². The number of ether oxygens (including phenoxy) is 2. The fourth-order valence-electron chi connectivity index (χ4n) is 2.25. The van der Waals surface area contributed by atoms with E-state index in [1.54, 1.807) is 41.1 Å². The van der Waals surface area contributed by atoms with Gasteiger partial charge in [0.15, 0.2) is 0 Å². The molecule has 20 heavy (non-hydrogen) atoms. The fourth-order valence-corrected chi connectivity index (χ4v) is 4.01. The molecule has 6 heteroatoms. The Labute approximate surface area is 121 Å². The van der Waals surface area contributed by atoms with Gasteiger partial charge in [0.25, 0.3) is 0 Å². The highest BCUT2D eigenvalue weighted by molar-refractivity contribution is 7.89. The first kappa shape index (κ1) is 16.9. The molecule has 1 aromatic rings. The van der Waals surface area contributed by atoms with E-state index < -0.39 is 10.0 Å². The van der Waals surface area contributed by atoms with E-state index in [-0.39, 0.29) is 6.04 Å². The Hall–Kier alpha value is -1.11. The maximum absolute atomic E-state index is 12.5. The summed E-state index contributed by atoms with van der Waals surface area (Å²) in [5, 5.41) is 0. The third kappa shape index (κ3) is 3.50. The van der Waals surface area contributed by atoms with E-state index in [0.717, 1.165) is 5.56 Å². The van der Waals surface area contributed by atoms with Crippen LogP contribution in [-0.2, 0) is 14.8 Å². The number of hydrogen-bond donors (Lipinski definition) is 1. The molecule has 1 N–H and O–H groups in total. The zero-order chi connectivity index (χ0) is 15.5. The molecule has 1 atom stereocenters. The van der Waals surface area contributed by atoms with E-state index in [4.69, 9.17) is 9.47 Å². The van der Waals surface area contributed by atoms with Crippen molar-refractivity contribution < 1.29 is 17.9 Å². The van der Waals surface area contributed by atoms with Crippen LogP contribution in [-0.4, -0.2) is 35.3 Å². The fraction of sp³-hybridized carbons (Fsp3) is 0.571. The lowest BCUT2D eigenvalue weighted by Gasteiger charge is -2.19. The summed E-state index contributed by atoms with van der Waals surface area (Å²) < 4.78 is 37.9. The third-order valence-electron chi connectivity index (χ3n) is 3.24. The number of hydrogen-bond acceptors (Lipinski definition) is 4. The number of sulfonamides is 1. The number of benzene rings is 1. The summed E-state index contributed by atoms with van der Waals surface area (Å²) in [4.78, 5) is 0.318. The Morgan fingerprint density at radius 2 is 1.80 bits per heavy atom. The largest absolute Gasteiger partial charge is 0.496 e. The van der Waals surface area contributed by atoms with Crippen molar-refractivity contribution in [2.75, 3.05) is 20.8 Å². The van der Waals surface area contributed by atoms with Crippen molar-refractivity contribution in [2.45, 2.75) is 38.6 Å². The summed E-state index contributed by atoms with van der Waals surface area (Å²) in [6.45, 7) is 7.50. The first-order valence-corrected chi connectivity index (χ1v) is 7.89. The van der Waals surface area contributed by atoms with Crippen molar-refractivity contribution in [1.29, 1.82) is 0 Å². The molecule has 0 radical (unpaired) electrons. The number of rotatable bonds is 6. The van der Waals surface area contributed by atoms with Gasteiger partial charge < -0.3 is 9.47 Å². The maximum Gasteiger partial charge on any atom is 0.241 e. The van der Waals surface area contributed by atoms with Gasteiger partial charge in [0.1, 0.15) is 5.75 Å². The summed E-state index contributed by atoms with van der Waals surface area (Å²) in [7, 11) is -0.458. The second kappa shape index (κ2) is 6.56. The van der Waals surface area contributed by atoms with Gasteiger partial charge >= 0.3 is 0 Å². The van der Waals surface area contributed by atoms with E-state index >= 15 is 0 Å². The van der Waals surface area contributed by atoms with E-state index in [2.05, 4.69) is 4.72 Å². The molecule has 0 spiro atoms. The highest BCUT2D eigenvalue weighted by Gasteiger charge is 2.24. The summed E-state index contributed by atoms with van der Waals surface area (Å²) in [6.07, 6.45) is 0. The molecule has 0 aliphatic carbocycles. The summed E-state index contributed by atoms with van der Waals surface area (Å²) in [5.74, 6) is 0.698. The van der Waals surface area contributed by atoms with Gasteiger partial charge in [-0.15, -0.1) is 0 Å². The molecular weight excluding hydrogens is 278 g/mol.